The zero-order valence-corrected chi connectivity index (χ0v) is 21.6. The minimum atomic E-state index is 0.0848. The molecule has 40 heavy (non-hydrogen) atoms. The monoisotopic (exact) mass is 512 g/mol. The largest absolute Gasteiger partial charge is 0.373 e. The van der Waals surface area contributed by atoms with Crippen LogP contribution in [0.5, 0.6) is 0 Å². The zero-order valence-electron chi connectivity index (χ0n) is 21.6. The number of hydrogen-bond acceptors (Lipinski definition) is 2. The number of aromatic nitrogens is 2. The van der Waals surface area contributed by atoms with Gasteiger partial charge >= 0.3 is 0 Å². The number of hydrogen-bond donors (Lipinski definition) is 2. The van der Waals surface area contributed by atoms with Crippen molar-refractivity contribution in [2.75, 3.05) is 10.6 Å². The molecule has 2 N–H and O–H groups in total. The molecular weight excluding hydrogens is 488 g/mol. The minimum absolute atomic E-state index is 0.0848. The van der Waals surface area contributed by atoms with Gasteiger partial charge < -0.3 is 19.8 Å². The van der Waals surface area contributed by atoms with Gasteiger partial charge in [0, 0.05) is 32.8 Å². The van der Waals surface area contributed by atoms with Gasteiger partial charge in [-0.3, -0.25) is 0 Å². The van der Waals surface area contributed by atoms with Crippen molar-refractivity contribution in [3.05, 3.63) is 127 Å². The molecule has 188 valence electrons. The van der Waals surface area contributed by atoms with Crippen molar-refractivity contribution in [2.45, 2.75) is 12.2 Å². The van der Waals surface area contributed by atoms with Crippen LogP contribution in [-0.2, 0) is 0 Å². The first-order valence-corrected chi connectivity index (χ1v) is 14.0. The highest BCUT2D eigenvalue weighted by molar-refractivity contribution is 6.26. The second-order valence-electron chi connectivity index (χ2n) is 11.1. The summed E-state index contributed by atoms with van der Waals surface area (Å²) in [6.07, 6.45) is 0.0848. The standard InChI is InChI=1S/C36H24N4/c1-2-11-22(12-3-1)39-30-17-9-6-14-24(30)25-19-32-26(20-31(25)39)33-23-13-5-4-10-21(23)18-27-34-36(40(32)35(27)33)38-29-16-8-7-15-28(29)37-34/h1-20,34,36-38H. The summed E-state index contributed by atoms with van der Waals surface area (Å²) in [6, 6.07) is 44.4. The van der Waals surface area contributed by atoms with E-state index >= 15 is 0 Å². The van der Waals surface area contributed by atoms with Crippen molar-refractivity contribution in [1.82, 2.24) is 9.13 Å². The van der Waals surface area contributed by atoms with Gasteiger partial charge in [-0.2, -0.15) is 0 Å². The van der Waals surface area contributed by atoms with Crippen molar-refractivity contribution in [3.8, 4) is 5.69 Å². The molecule has 4 nitrogen and oxygen atoms in total. The Bertz CT molecular complexity index is 2340. The number of rotatable bonds is 1. The SMILES string of the molecule is c1ccc(-n2c3ccccc3c3cc4c(cc32)c2c3ccccc3cc3c2n4C2Nc4ccccc4NC32)cc1. The fourth-order valence-electron chi connectivity index (χ4n) is 7.48. The first-order chi connectivity index (χ1) is 19.8. The van der Waals surface area contributed by atoms with Gasteiger partial charge in [-0.25, -0.2) is 0 Å². The number of para-hydroxylation sites is 4. The highest BCUT2D eigenvalue weighted by Crippen LogP contribution is 2.53. The summed E-state index contributed by atoms with van der Waals surface area (Å²) in [6.45, 7) is 0. The molecule has 6 aromatic carbocycles. The van der Waals surface area contributed by atoms with E-state index in [4.69, 9.17) is 0 Å². The molecule has 0 bridgehead atoms. The summed E-state index contributed by atoms with van der Waals surface area (Å²) in [5.41, 5.74) is 9.94. The lowest BCUT2D eigenvalue weighted by Crippen LogP contribution is -2.29. The van der Waals surface area contributed by atoms with Crippen molar-refractivity contribution < 1.29 is 0 Å². The molecule has 2 unspecified atom stereocenters. The van der Waals surface area contributed by atoms with E-state index in [9.17, 15) is 0 Å². The Morgan fingerprint density at radius 3 is 2.10 bits per heavy atom. The zero-order chi connectivity index (χ0) is 25.9. The van der Waals surface area contributed by atoms with E-state index in [0.717, 1.165) is 11.4 Å². The van der Waals surface area contributed by atoms with E-state index in [-0.39, 0.29) is 12.2 Å². The van der Waals surface area contributed by atoms with E-state index in [1.807, 2.05) is 0 Å². The molecule has 4 heterocycles. The van der Waals surface area contributed by atoms with Gasteiger partial charge in [0.15, 0.2) is 0 Å². The maximum atomic E-state index is 3.91. The Hall–Kier alpha value is -5.22. The first-order valence-electron chi connectivity index (χ1n) is 14.0. The summed E-state index contributed by atoms with van der Waals surface area (Å²) in [7, 11) is 0. The summed E-state index contributed by atoms with van der Waals surface area (Å²) in [5.74, 6) is 0. The number of fused-ring (bicyclic) bond motifs is 12. The van der Waals surface area contributed by atoms with Gasteiger partial charge in [0.2, 0.25) is 0 Å². The van der Waals surface area contributed by atoms with Crippen LogP contribution in [0.1, 0.15) is 17.8 Å². The summed E-state index contributed by atoms with van der Waals surface area (Å²) in [4.78, 5) is 0. The van der Waals surface area contributed by atoms with Crippen LogP contribution in [0.4, 0.5) is 11.4 Å². The molecule has 0 spiro atoms. The van der Waals surface area contributed by atoms with E-state index < -0.39 is 0 Å². The van der Waals surface area contributed by atoms with Crippen LogP contribution >= 0.6 is 0 Å². The van der Waals surface area contributed by atoms with Crippen LogP contribution in [-0.4, -0.2) is 9.13 Å². The second-order valence-corrected chi connectivity index (χ2v) is 11.1. The van der Waals surface area contributed by atoms with Gasteiger partial charge in [0.05, 0.1) is 39.5 Å². The Kier molecular flexibility index (Phi) is 3.75. The lowest BCUT2D eigenvalue weighted by molar-refractivity contribution is 0.540. The third kappa shape index (κ3) is 2.47. The molecule has 0 amide bonds. The lowest BCUT2D eigenvalue weighted by Gasteiger charge is -2.33. The molecule has 0 fully saturated rings. The molecule has 10 rings (SSSR count). The van der Waals surface area contributed by atoms with Crippen LogP contribution in [0.15, 0.2) is 121 Å². The predicted octanol–water partition coefficient (Wildman–Crippen LogP) is 9.14. The third-order valence-electron chi connectivity index (χ3n) is 9.10. The van der Waals surface area contributed by atoms with Gasteiger partial charge in [0.25, 0.3) is 0 Å². The van der Waals surface area contributed by atoms with Crippen LogP contribution in [0.2, 0.25) is 0 Å². The summed E-state index contributed by atoms with van der Waals surface area (Å²) >= 11 is 0. The average Bonchev–Trinajstić information content (AvgIpc) is 3.63. The minimum Gasteiger partial charge on any atom is -0.373 e. The molecule has 0 aliphatic carbocycles. The fraction of sp³-hybridized carbons (Fsp3) is 0.0556. The van der Waals surface area contributed by atoms with Crippen molar-refractivity contribution in [1.29, 1.82) is 0 Å². The predicted molar refractivity (Wildman–Crippen MR) is 167 cm³/mol. The van der Waals surface area contributed by atoms with Crippen molar-refractivity contribution in [3.63, 3.8) is 0 Å². The van der Waals surface area contributed by atoms with Gasteiger partial charge in [-0.05, 0) is 59.3 Å². The highest BCUT2D eigenvalue weighted by atomic mass is 15.3. The lowest BCUT2D eigenvalue weighted by atomic mass is 9.95. The van der Waals surface area contributed by atoms with Crippen molar-refractivity contribution >= 4 is 65.8 Å². The smallest absolute Gasteiger partial charge is 0.129 e. The molecule has 4 heteroatoms. The third-order valence-corrected chi connectivity index (χ3v) is 9.10. The van der Waals surface area contributed by atoms with Crippen LogP contribution in [0.3, 0.4) is 0 Å². The average molecular weight is 513 g/mol. The summed E-state index contributed by atoms with van der Waals surface area (Å²) in [5, 5.41) is 15.6. The molecule has 2 aliphatic heterocycles. The molecular formula is C36H24N4. The molecule has 2 atom stereocenters. The molecule has 8 aromatic rings. The Labute approximate surface area is 230 Å². The van der Waals surface area contributed by atoms with E-state index in [1.165, 1.54) is 65.6 Å². The van der Waals surface area contributed by atoms with Crippen LogP contribution < -0.4 is 10.6 Å². The topological polar surface area (TPSA) is 33.9 Å². The number of nitrogens with one attached hydrogen (secondary N) is 2. The maximum absolute atomic E-state index is 3.91. The Balaban J connectivity index is 1.39. The number of anilines is 2. The number of nitrogens with zero attached hydrogens (tertiary/aromatic N) is 2. The van der Waals surface area contributed by atoms with E-state index in [0.29, 0.717) is 0 Å². The second kappa shape index (κ2) is 7.25. The first kappa shape index (κ1) is 20.7. The van der Waals surface area contributed by atoms with Crippen LogP contribution in [0, 0.1) is 0 Å². The fourth-order valence-corrected chi connectivity index (χ4v) is 7.48. The summed E-state index contributed by atoms with van der Waals surface area (Å²) < 4.78 is 4.98. The molecule has 2 aromatic heterocycles. The highest BCUT2D eigenvalue weighted by Gasteiger charge is 2.40. The number of benzene rings is 6. The molecule has 0 saturated heterocycles. The molecule has 2 aliphatic rings. The Morgan fingerprint density at radius 1 is 0.525 bits per heavy atom. The Morgan fingerprint density at radius 2 is 1.23 bits per heavy atom. The van der Waals surface area contributed by atoms with Gasteiger partial charge in [-0.1, -0.05) is 72.8 Å². The van der Waals surface area contributed by atoms with Gasteiger partial charge in [-0.15, -0.1) is 0 Å². The van der Waals surface area contributed by atoms with Crippen LogP contribution in [0.25, 0.3) is 60.1 Å². The van der Waals surface area contributed by atoms with Crippen molar-refractivity contribution in [2.24, 2.45) is 0 Å². The molecule has 0 radical (unpaired) electrons. The maximum Gasteiger partial charge on any atom is 0.129 e. The van der Waals surface area contributed by atoms with E-state index in [1.54, 1.807) is 0 Å². The van der Waals surface area contributed by atoms with E-state index in [2.05, 4.69) is 141 Å². The quantitative estimate of drug-likeness (QED) is 0.230. The normalized spacial score (nSPS) is 17.4. The van der Waals surface area contributed by atoms with Gasteiger partial charge in [0.1, 0.15) is 6.17 Å². The molecule has 0 saturated carbocycles.